The zero-order chi connectivity index (χ0) is 23.1. The zero-order valence-corrected chi connectivity index (χ0v) is 18.5. The van der Waals surface area contributed by atoms with E-state index in [2.05, 4.69) is 20.1 Å². The van der Waals surface area contributed by atoms with Crippen molar-refractivity contribution in [2.45, 2.75) is 6.54 Å². The van der Waals surface area contributed by atoms with Crippen LogP contribution in [0, 0.1) is 11.6 Å². The fourth-order valence-electron chi connectivity index (χ4n) is 3.82. The highest BCUT2D eigenvalue weighted by Crippen LogP contribution is 2.38. The quantitative estimate of drug-likeness (QED) is 0.325. The Balaban J connectivity index is 1.63. The third-order valence-electron chi connectivity index (χ3n) is 5.24. The summed E-state index contributed by atoms with van der Waals surface area (Å²) in [4.78, 5) is 14.1. The number of aromatic amines is 1. The van der Waals surface area contributed by atoms with Gasteiger partial charge in [-0.15, -0.1) is 0 Å². The maximum atomic E-state index is 14.5. The van der Waals surface area contributed by atoms with E-state index < -0.39 is 11.6 Å². The van der Waals surface area contributed by atoms with Gasteiger partial charge >= 0.3 is 0 Å². The molecule has 1 N–H and O–H groups in total. The number of benzene rings is 1. The van der Waals surface area contributed by atoms with Crippen molar-refractivity contribution >= 4 is 22.6 Å². The highest BCUT2D eigenvalue weighted by Gasteiger charge is 2.21. The predicted molar refractivity (Wildman–Crippen MR) is 123 cm³/mol. The van der Waals surface area contributed by atoms with Gasteiger partial charge in [-0.25, -0.2) is 18.7 Å². The number of aromatic nitrogens is 4. The van der Waals surface area contributed by atoms with E-state index in [0.717, 1.165) is 22.6 Å². The first-order valence-electron chi connectivity index (χ1n) is 10.1. The summed E-state index contributed by atoms with van der Waals surface area (Å²) >= 11 is 6.26. The maximum absolute atomic E-state index is 14.5. The van der Waals surface area contributed by atoms with Crippen molar-refractivity contribution in [1.29, 1.82) is 0 Å². The van der Waals surface area contributed by atoms with Crippen molar-refractivity contribution in [3.63, 3.8) is 0 Å². The third-order valence-corrected chi connectivity index (χ3v) is 5.43. The summed E-state index contributed by atoms with van der Waals surface area (Å²) in [6, 6.07) is 9.68. The molecule has 9 heteroatoms. The number of nitrogens with zero attached hydrogens (tertiary/aromatic N) is 4. The third kappa shape index (κ3) is 3.99. The van der Waals surface area contributed by atoms with Crippen LogP contribution in [0.4, 0.5) is 8.78 Å². The molecule has 6 nitrogen and oxygen atoms in total. The molecule has 0 saturated carbocycles. The van der Waals surface area contributed by atoms with Crippen LogP contribution >= 0.6 is 11.6 Å². The smallest absolute Gasteiger partial charge is 0.176 e. The molecule has 0 aliphatic rings. The minimum atomic E-state index is -0.961. The molecule has 0 fully saturated rings. The standard InChI is InChI=1S/C24H18ClF2N5O/c1-32(2)12-13-6-20(31-21(25)7-13)14-8-16-17(10-29-24(16)28-9-14)23-18(11-30-33-23)15-4-3-5-19(26)22(15)27/h3-11H,12H2,1-2H3,(H,28,29). The molecule has 0 aliphatic heterocycles. The van der Waals surface area contributed by atoms with Gasteiger partial charge in [0.1, 0.15) is 10.8 Å². The van der Waals surface area contributed by atoms with E-state index in [1.165, 1.54) is 18.3 Å². The average molecular weight is 466 g/mol. The normalized spacial score (nSPS) is 11.6. The first-order chi connectivity index (χ1) is 15.9. The number of fused-ring (bicyclic) bond motifs is 1. The SMILES string of the molecule is CN(C)Cc1cc(Cl)nc(-c2cnc3[nH]cc(-c4oncc4-c4cccc(F)c4F)c3c2)c1. The Morgan fingerprint density at radius 1 is 1.06 bits per heavy atom. The molecule has 0 atom stereocenters. The molecule has 33 heavy (non-hydrogen) atoms. The van der Waals surface area contributed by atoms with Crippen LogP contribution in [0.5, 0.6) is 0 Å². The Morgan fingerprint density at radius 2 is 1.91 bits per heavy atom. The first kappa shape index (κ1) is 21.2. The van der Waals surface area contributed by atoms with Crippen LogP contribution in [0.1, 0.15) is 5.56 Å². The lowest BCUT2D eigenvalue weighted by Gasteiger charge is -2.11. The molecule has 0 bridgehead atoms. The van der Waals surface area contributed by atoms with Gasteiger partial charge in [0, 0.05) is 41.0 Å². The molecule has 166 valence electrons. The van der Waals surface area contributed by atoms with Crippen molar-refractivity contribution in [3.05, 3.63) is 77.3 Å². The molecule has 0 unspecified atom stereocenters. The van der Waals surface area contributed by atoms with E-state index >= 15 is 0 Å². The number of nitrogens with one attached hydrogen (secondary N) is 1. The van der Waals surface area contributed by atoms with Crippen molar-refractivity contribution < 1.29 is 13.3 Å². The van der Waals surface area contributed by atoms with Crippen LogP contribution in [-0.4, -0.2) is 39.1 Å². The highest BCUT2D eigenvalue weighted by atomic mass is 35.5. The van der Waals surface area contributed by atoms with E-state index in [1.807, 2.05) is 37.2 Å². The molecule has 0 amide bonds. The summed E-state index contributed by atoms with van der Waals surface area (Å²) in [5.74, 6) is -1.60. The topological polar surface area (TPSA) is 70.8 Å². The largest absolute Gasteiger partial charge is 0.356 e. The molecule has 4 aromatic heterocycles. The summed E-state index contributed by atoms with van der Waals surface area (Å²) in [6.45, 7) is 0.709. The van der Waals surface area contributed by atoms with Crippen LogP contribution in [-0.2, 0) is 6.54 Å². The molecular formula is C24H18ClF2N5O. The number of hydrogen-bond acceptors (Lipinski definition) is 5. The summed E-state index contributed by atoms with van der Waals surface area (Å²) in [5, 5.41) is 4.94. The number of halogens is 3. The molecule has 0 aliphatic carbocycles. The van der Waals surface area contributed by atoms with Gasteiger partial charge in [-0.05, 0) is 43.9 Å². The molecule has 0 radical (unpaired) electrons. The highest BCUT2D eigenvalue weighted by molar-refractivity contribution is 6.29. The first-order valence-corrected chi connectivity index (χ1v) is 10.5. The van der Waals surface area contributed by atoms with Crippen molar-refractivity contribution in [1.82, 2.24) is 25.0 Å². The molecule has 0 spiro atoms. The Hall–Kier alpha value is -3.62. The van der Waals surface area contributed by atoms with Gasteiger partial charge in [-0.1, -0.05) is 28.9 Å². The van der Waals surface area contributed by atoms with Crippen molar-refractivity contribution in [3.8, 4) is 33.7 Å². The maximum Gasteiger partial charge on any atom is 0.176 e. The minimum Gasteiger partial charge on any atom is -0.356 e. The number of H-pyrrole nitrogens is 1. The average Bonchev–Trinajstić information content (AvgIpc) is 3.41. The van der Waals surface area contributed by atoms with Crippen molar-refractivity contribution in [2.24, 2.45) is 0 Å². The minimum absolute atomic E-state index is 0.0644. The molecule has 4 heterocycles. The van der Waals surface area contributed by atoms with Gasteiger partial charge in [0.05, 0.1) is 17.5 Å². The lowest BCUT2D eigenvalue weighted by Crippen LogP contribution is -2.10. The van der Waals surface area contributed by atoms with Gasteiger partial charge < -0.3 is 14.4 Å². The molecule has 5 rings (SSSR count). The van der Waals surface area contributed by atoms with E-state index in [0.29, 0.717) is 39.9 Å². The second-order valence-electron chi connectivity index (χ2n) is 7.91. The fourth-order valence-corrected chi connectivity index (χ4v) is 4.05. The second kappa shape index (κ2) is 8.38. The van der Waals surface area contributed by atoms with Crippen molar-refractivity contribution in [2.75, 3.05) is 14.1 Å². The Labute approximate surface area is 192 Å². The summed E-state index contributed by atoms with van der Waals surface area (Å²) < 4.78 is 33.7. The van der Waals surface area contributed by atoms with Crippen LogP contribution < -0.4 is 0 Å². The molecule has 0 saturated heterocycles. The van der Waals surface area contributed by atoms with Gasteiger partial charge in [0.25, 0.3) is 0 Å². The van der Waals surface area contributed by atoms with E-state index in [9.17, 15) is 8.78 Å². The van der Waals surface area contributed by atoms with Gasteiger partial charge in [-0.3, -0.25) is 0 Å². The Morgan fingerprint density at radius 3 is 2.73 bits per heavy atom. The molecule has 1 aromatic carbocycles. The lowest BCUT2D eigenvalue weighted by atomic mass is 10.0. The number of hydrogen-bond donors (Lipinski definition) is 1. The zero-order valence-electron chi connectivity index (χ0n) is 17.7. The molecular weight excluding hydrogens is 448 g/mol. The lowest BCUT2D eigenvalue weighted by molar-refractivity contribution is 0.402. The van der Waals surface area contributed by atoms with Crippen LogP contribution in [0.3, 0.4) is 0 Å². The van der Waals surface area contributed by atoms with E-state index in [4.69, 9.17) is 16.1 Å². The van der Waals surface area contributed by atoms with E-state index in [1.54, 1.807) is 12.4 Å². The van der Waals surface area contributed by atoms with Crippen LogP contribution in [0.2, 0.25) is 5.15 Å². The summed E-state index contributed by atoms with van der Waals surface area (Å²) in [5.41, 5.74) is 4.07. The summed E-state index contributed by atoms with van der Waals surface area (Å²) in [7, 11) is 3.95. The Bertz CT molecular complexity index is 1480. The number of pyridine rings is 2. The fraction of sp³-hybridized carbons (Fsp3) is 0.125. The van der Waals surface area contributed by atoms with Gasteiger partial charge in [0.2, 0.25) is 0 Å². The molecule has 5 aromatic rings. The number of rotatable bonds is 5. The van der Waals surface area contributed by atoms with Gasteiger partial charge in [0.15, 0.2) is 17.4 Å². The van der Waals surface area contributed by atoms with Gasteiger partial charge in [-0.2, -0.15) is 0 Å². The Kier molecular flexibility index (Phi) is 5.39. The summed E-state index contributed by atoms with van der Waals surface area (Å²) in [6.07, 6.45) is 4.77. The monoisotopic (exact) mass is 465 g/mol. The predicted octanol–water partition coefficient (Wildman–Crippen LogP) is 5.94. The van der Waals surface area contributed by atoms with E-state index in [-0.39, 0.29) is 5.56 Å². The van der Waals surface area contributed by atoms with Crippen LogP contribution in [0.15, 0.2) is 59.5 Å². The van der Waals surface area contributed by atoms with Crippen LogP contribution in [0.25, 0.3) is 44.7 Å². The second-order valence-corrected chi connectivity index (χ2v) is 8.30.